The molecule has 1 rings (SSSR count). The molecule has 1 aromatic heterocycles. The molecular formula is C11H14BrF3N2S. The lowest BCUT2D eigenvalue weighted by Crippen LogP contribution is -2.11. The van der Waals surface area contributed by atoms with Crippen molar-refractivity contribution in [3.63, 3.8) is 0 Å². The van der Waals surface area contributed by atoms with Gasteiger partial charge in [0.25, 0.3) is 0 Å². The second-order valence-electron chi connectivity index (χ2n) is 4.49. The highest BCUT2D eigenvalue weighted by atomic mass is 79.9. The van der Waals surface area contributed by atoms with Crippen LogP contribution in [0.2, 0.25) is 0 Å². The number of alkyl halides is 3. The van der Waals surface area contributed by atoms with Gasteiger partial charge in [-0.25, -0.2) is 4.98 Å². The van der Waals surface area contributed by atoms with Crippen LogP contribution in [0.5, 0.6) is 0 Å². The van der Waals surface area contributed by atoms with Crippen molar-refractivity contribution in [1.29, 1.82) is 0 Å². The number of hydrogen-bond donors (Lipinski definition) is 1. The van der Waals surface area contributed by atoms with Crippen molar-refractivity contribution in [2.75, 3.05) is 0 Å². The molecule has 1 N–H and O–H groups in total. The van der Waals surface area contributed by atoms with Crippen LogP contribution in [0.4, 0.5) is 13.2 Å². The van der Waals surface area contributed by atoms with Crippen molar-refractivity contribution < 1.29 is 13.2 Å². The molecule has 1 aromatic rings. The van der Waals surface area contributed by atoms with Gasteiger partial charge in [0.15, 0.2) is 0 Å². The van der Waals surface area contributed by atoms with Gasteiger partial charge >= 0.3 is 6.18 Å². The standard InChI is InChI=1S/C11H14BrF3N2S/c1-6(2)5-7-9(12)10(18)17-8(16-7)3-4-11(13,14)15/h6H,3-5H2,1-2H3,(H,16,17,18). The van der Waals surface area contributed by atoms with E-state index >= 15 is 0 Å². The summed E-state index contributed by atoms with van der Waals surface area (Å²) >= 11 is 8.34. The first-order valence-corrected chi connectivity index (χ1v) is 6.73. The van der Waals surface area contributed by atoms with Crippen molar-refractivity contribution in [2.24, 2.45) is 5.92 Å². The molecule has 7 heteroatoms. The highest BCUT2D eigenvalue weighted by Gasteiger charge is 2.27. The zero-order chi connectivity index (χ0) is 13.9. The van der Waals surface area contributed by atoms with E-state index in [9.17, 15) is 13.2 Å². The van der Waals surface area contributed by atoms with Crippen LogP contribution >= 0.6 is 28.1 Å². The quantitative estimate of drug-likeness (QED) is 0.810. The maximum Gasteiger partial charge on any atom is 0.389 e. The fraction of sp³-hybridized carbons (Fsp3) is 0.636. The van der Waals surface area contributed by atoms with E-state index in [1.54, 1.807) is 0 Å². The SMILES string of the molecule is CC(C)Cc1[nH]c(CCC(F)(F)F)nc(=S)c1Br. The Kier molecular flexibility index (Phi) is 5.33. The summed E-state index contributed by atoms with van der Waals surface area (Å²) in [5.41, 5.74) is 0.808. The Morgan fingerprint density at radius 1 is 1.39 bits per heavy atom. The minimum absolute atomic E-state index is 0.175. The fourth-order valence-electron chi connectivity index (χ4n) is 1.49. The van der Waals surface area contributed by atoms with Gasteiger partial charge in [-0.05, 0) is 28.3 Å². The number of aromatic nitrogens is 2. The number of halogens is 4. The Morgan fingerprint density at radius 2 is 2.00 bits per heavy atom. The molecule has 0 aliphatic carbocycles. The molecule has 1 heterocycles. The third-order valence-electron chi connectivity index (χ3n) is 2.24. The molecule has 0 radical (unpaired) electrons. The van der Waals surface area contributed by atoms with E-state index in [2.05, 4.69) is 25.9 Å². The van der Waals surface area contributed by atoms with Crippen LogP contribution < -0.4 is 0 Å². The largest absolute Gasteiger partial charge is 0.389 e. The summed E-state index contributed by atoms with van der Waals surface area (Å²) in [7, 11) is 0. The molecule has 0 spiro atoms. The first-order chi connectivity index (χ1) is 8.19. The summed E-state index contributed by atoms with van der Waals surface area (Å²) < 4.78 is 37.4. The molecule has 0 fully saturated rings. The molecule has 18 heavy (non-hydrogen) atoms. The molecule has 0 saturated carbocycles. The van der Waals surface area contributed by atoms with Crippen LogP contribution in [0.1, 0.15) is 31.8 Å². The molecule has 0 saturated heterocycles. The predicted octanol–water partition coefficient (Wildman–Crippen LogP) is 4.60. The minimum atomic E-state index is -4.18. The van der Waals surface area contributed by atoms with Gasteiger partial charge in [0, 0.05) is 12.1 Å². The lowest BCUT2D eigenvalue weighted by Gasteiger charge is -2.11. The van der Waals surface area contributed by atoms with Gasteiger partial charge in [-0.1, -0.05) is 26.1 Å². The average molecular weight is 343 g/mol. The smallest absolute Gasteiger partial charge is 0.346 e. The van der Waals surface area contributed by atoms with Crippen LogP contribution in [-0.2, 0) is 12.8 Å². The van der Waals surface area contributed by atoms with Gasteiger partial charge in [0.2, 0.25) is 0 Å². The average Bonchev–Trinajstić information content (AvgIpc) is 2.20. The molecule has 0 unspecified atom stereocenters. The second-order valence-corrected chi connectivity index (χ2v) is 5.67. The first kappa shape index (κ1) is 15.6. The minimum Gasteiger partial charge on any atom is -0.346 e. The number of hydrogen-bond acceptors (Lipinski definition) is 2. The Hall–Kier alpha value is -0.430. The predicted molar refractivity (Wildman–Crippen MR) is 70.0 cm³/mol. The summed E-state index contributed by atoms with van der Waals surface area (Å²) in [5, 5.41) is 0. The highest BCUT2D eigenvalue weighted by Crippen LogP contribution is 2.23. The number of aryl methyl sites for hydroxylation is 1. The van der Waals surface area contributed by atoms with Crippen molar-refractivity contribution in [2.45, 2.75) is 39.3 Å². The van der Waals surface area contributed by atoms with Gasteiger partial charge in [0.05, 0.1) is 10.9 Å². The van der Waals surface area contributed by atoms with Gasteiger partial charge in [-0.3, -0.25) is 0 Å². The molecule has 0 aliphatic heterocycles. The molecular weight excluding hydrogens is 329 g/mol. The van der Waals surface area contributed by atoms with Crippen molar-refractivity contribution in [3.8, 4) is 0 Å². The summed E-state index contributed by atoms with van der Waals surface area (Å²) in [6.45, 7) is 4.05. The van der Waals surface area contributed by atoms with E-state index in [0.29, 0.717) is 21.5 Å². The Morgan fingerprint density at radius 3 is 2.50 bits per heavy atom. The lowest BCUT2D eigenvalue weighted by molar-refractivity contribution is -0.134. The summed E-state index contributed by atoms with van der Waals surface area (Å²) in [6, 6.07) is 0. The molecule has 0 atom stereocenters. The molecule has 0 bridgehead atoms. The van der Waals surface area contributed by atoms with E-state index < -0.39 is 12.6 Å². The normalized spacial score (nSPS) is 12.2. The lowest BCUT2D eigenvalue weighted by atomic mass is 10.1. The van der Waals surface area contributed by atoms with Crippen LogP contribution in [0, 0.1) is 10.6 Å². The Bertz CT molecular complexity index is 468. The van der Waals surface area contributed by atoms with Crippen LogP contribution in [0.25, 0.3) is 0 Å². The van der Waals surface area contributed by atoms with E-state index in [0.717, 1.165) is 5.69 Å². The summed E-state index contributed by atoms with van der Waals surface area (Å²) in [6.07, 6.45) is -4.53. The van der Waals surface area contributed by atoms with Crippen molar-refractivity contribution in [3.05, 3.63) is 20.6 Å². The molecule has 0 aromatic carbocycles. The number of nitrogens with one attached hydrogen (secondary N) is 1. The van der Waals surface area contributed by atoms with Crippen molar-refractivity contribution >= 4 is 28.1 Å². The monoisotopic (exact) mass is 342 g/mol. The number of rotatable bonds is 4. The van der Waals surface area contributed by atoms with E-state index in [1.165, 1.54) is 0 Å². The summed E-state index contributed by atoms with van der Waals surface area (Å²) in [5.74, 6) is 0.668. The number of nitrogens with zero attached hydrogens (tertiary/aromatic N) is 1. The topological polar surface area (TPSA) is 28.7 Å². The number of H-pyrrole nitrogens is 1. The fourth-order valence-corrected chi connectivity index (χ4v) is 2.07. The molecule has 2 nitrogen and oxygen atoms in total. The van der Waals surface area contributed by atoms with Crippen LogP contribution in [0.3, 0.4) is 0 Å². The van der Waals surface area contributed by atoms with E-state index in [1.807, 2.05) is 13.8 Å². The van der Waals surface area contributed by atoms with E-state index in [4.69, 9.17) is 12.2 Å². The van der Waals surface area contributed by atoms with Gasteiger partial charge < -0.3 is 4.98 Å². The molecule has 0 amide bonds. The third kappa shape index (κ3) is 5.06. The molecule has 0 aliphatic rings. The van der Waals surface area contributed by atoms with E-state index in [-0.39, 0.29) is 12.2 Å². The zero-order valence-electron chi connectivity index (χ0n) is 10.1. The van der Waals surface area contributed by atoms with Gasteiger partial charge in [-0.2, -0.15) is 13.2 Å². The van der Waals surface area contributed by atoms with Crippen LogP contribution in [0.15, 0.2) is 4.47 Å². The molecule has 102 valence electrons. The summed E-state index contributed by atoms with van der Waals surface area (Å²) in [4.78, 5) is 6.89. The maximum absolute atomic E-state index is 12.2. The third-order valence-corrected chi connectivity index (χ3v) is 3.65. The zero-order valence-corrected chi connectivity index (χ0v) is 12.5. The van der Waals surface area contributed by atoms with Gasteiger partial charge in [0.1, 0.15) is 10.5 Å². The van der Waals surface area contributed by atoms with Crippen molar-refractivity contribution in [1.82, 2.24) is 9.97 Å². The maximum atomic E-state index is 12.2. The first-order valence-electron chi connectivity index (χ1n) is 5.53. The Balaban J connectivity index is 2.94. The van der Waals surface area contributed by atoms with Crippen LogP contribution in [-0.4, -0.2) is 16.1 Å². The van der Waals surface area contributed by atoms with Gasteiger partial charge in [-0.15, -0.1) is 0 Å². The highest BCUT2D eigenvalue weighted by molar-refractivity contribution is 9.10. The Labute approximate surface area is 117 Å². The number of aromatic amines is 1. The second kappa shape index (κ2) is 6.14.